The van der Waals surface area contributed by atoms with Crippen molar-refractivity contribution in [1.29, 1.82) is 0 Å². The SMILES string of the molecule is O=C(Nc1ccccn1)c1cc(N2CCOCC2)nn2cc(-c3cccc(Cl)c3)nc12. The number of pyridine rings is 1. The number of hydrogen-bond donors (Lipinski definition) is 1. The molecule has 0 unspecified atom stereocenters. The summed E-state index contributed by atoms with van der Waals surface area (Å²) in [5.41, 5.74) is 2.40. The minimum Gasteiger partial charge on any atom is -0.378 e. The maximum atomic E-state index is 13.2. The molecule has 0 bridgehead atoms. The van der Waals surface area contributed by atoms with Gasteiger partial charge in [0.25, 0.3) is 5.91 Å². The zero-order chi connectivity index (χ0) is 21.2. The maximum Gasteiger partial charge on any atom is 0.260 e. The van der Waals surface area contributed by atoms with Crippen molar-refractivity contribution in [3.05, 3.63) is 71.5 Å². The van der Waals surface area contributed by atoms with E-state index in [1.807, 2.05) is 30.5 Å². The zero-order valence-electron chi connectivity index (χ0n) is 16.5. The van der Waals surface area contributed by atoms with Crippen LogP contribution in [0.25, 0.3) is 16.9 Å². The summed E-state index contributed by atoms with van der Waals surface area (Å²) in [5.74, 6) is 0.859. The van der Waals surface area contributed by atoms with Crippen LogP contribution in [0.1, 0.15) is 10.4 Å². The van der Waals surface area contributed by atoms with E-state index in [9.17, 15) is 4.79 Å². The number of ether oxygens (including phenoxy) is 1. The summed E-state index contributed by atoms with van der Waals surface area (Å²) in [7, 11) is 0. The third-order valence-electron chi connectivity index (χ3n) is 5.02. The van der Waals surface area contributed by atoms with Crippen LogP contribution in [-0.2, 0) is 4.74 Å². The Labute approximate surface area is 183 Å². The third kappa shape index (κ3) is 4.08. The number of morpholine rings is 1. The zero-order valence-corrected chi connectivity index (χ0v) is 17.3. The number of amides is 1. The van der Waals surface area contributed by atoms with Gasteiger partial charge in [-0.15, -0.1) is 5.10 Å². The van der Waals surface area contributed by atoms with E-state index in [0.717, 1.165) is 5.56 Å². The van der Waals surface area contributed by atoms with Crippen molar-refractivity contribution in [3.8, 4) is 11.3 Å². The second kappa shape index (κ2) is 8.33. The molecule has 0 aliphatic carbocycles. The van der Waals surface area contributed by atoms with Crippen LogP contribution in [0.15, 0.2) is 60.9 Å². The van der Waals surface area contributed by atoms with E-state index < -0.39 is 0 Å². The largest absolute Gasteiger partial charge is 0.378 e. The third-order valence-corrected chi connectivity index (χ3v) is 5.25. The number of rotatable bonds is 4. The highest BCUT2D eigenvalue weighted by molar-refractivity contribution is 6.30. The van der Waals surface area contributed by atoms with E-state index in [-0.39, 0.29) is 5.91 Å². The van der Waals surface area contributed by atoms with Gasteiger partial charge in [-0.2, -0.15) is 0 Å². The molecule has 1 N–H and O–H groups in total. The average molecular weight is 435 g/mol. The lowest BCUT2D eigenvalue weighted by Gasteiger charge is -2.27. The lowest BCUT2D eigenvalue weighted by atomic mass is 10.2. The van der Waals surface area contributed by atoms with E-state index in [1.54, 1.807) is 35.0 Å². The van der Waals surface area contributed by atoms with E-state index in [2.05, 4.69) is 15.2 Å². The topological polar surface area (TPSA) is 84.7 Å². The molecular formula is C22H19ClN6O2. The first-order valence-corrected chi connectivity index (χ1v) is 10.3. The van der Waals surface area contributed by atoms with Crippen molar-refractivity contribution in [2.45, 2.75) is 0 Å². The number of hydrogen-bond acceptors (Lipinski definition) is 6. The fourth-order valence-electron chi connectivity index (χ4n) is 3.49. The average Bonchev–Trinajstić information content (AvgIpc) is 3.24. The molecule has 1 aliphatic heterocycles. The van der Waals surface area contributed by atoms with Crippen LogP contribution in [0, 0.1) is 0 Å². The van der Waals surface area contributed by atoms with Gasteiger partial charge >= 0.3 is 0 Å². The van der Waals surface area contributed by atoms with Gasteiger partial charge in [-0.3, -0.25) is 4.79 Å². The molecule has 1 amide bonds. The molecule has 1 aromatic carbocycles. The molecule has 5 rings (SSSR count). The van der Waals surface area contributed by atoms with Crippen LogP contribution < -0.4 is 10.2 Å². The molecule has 0 atom stereocenters. The summed E-state index contributed by atoms with van der Waals surface area (Å²) < 4.78 is 7.10. The Morgan fingerprint density at radius 1 is 1.10 bits per heavy atom. The van der Waals surface area contributed by atoms with Gasteiger partial charge < -0.3 is 15.0 Å². The van der Waals surface area contributed by atoms with Gasteiger partial charge in [-0.25, -0.2) is 14.5 Å². The molecule has 1 aliphatic rings. The molecule has 3 aromatic heterocycles. The van der Waals surface area contributed by atoms with Crippen LogP contribution in [0.4, 0.5) is 11.6 Å². The molecule has 9 heteroatoms. The van der Waals surface area contributed by atoms with Crippen molar-refractivity contribution in [2.75, 3.05) is 36.5 Å². The lowest BCUT2D eigenvalue weighted by Crippen LogP contribution is -2.37. The number of imidazole rings is 1. The Balaban J connectivity index is 1.60. The van der Waals surface area contributed by atoms with Crippen molar-refractivity contribution in [3.63, 3.8) is 0 Å². The van der Waals surface area contributed by atoms with Gasteiger partial charge in [0, 0.05) is 29.9 Å². The summed E-state index contributed by atoms with van der Waals surface area (Å²) in [4.78, 5) is 24.1. The van der Waals surface area contributed by atoms with Crippen LogP contribution in [0.3, 0.4) is 0 Å². The van der Waals surface area contributed by atoms with Gasteiger partial charge in [0.05, 0.1) is 30.7 Å². The number of anilines is 2. The number of fused-ring (bicyclic) bond motifs is 1. The van der Waals surface area contributed by atoms with Gasteiger partial charge in [0.1, 0.15) is 5.82 Å². The van der Waals surface area contributed by atoms with Gasteiger partial charge in [0.15, 0.2) is 11.5 Å². The number of benzene rings is 1. The summed E-state index contributed by atoms with van der Waals surface area (Å²) >= 11 is 6.15. The second-order valence-corrected chi connectivity index (χ2v) is 7.53. The van der Waals surface area contributed by atoms with E-state index in [4.69, 9.17) is 26.4 Å². The van der Waals surface area contributed by atoms with Crippen LogP contribution in [0.5, 0.6) is 0 Å². The van der Waals surface area contributed by atoms with Crippen molar-refractivity contribution >= 4 is 34.8 Å². The van der Waals surface area contributed by atoms with Crippen LogP contribution in [0.2, 0.25) is 5.02 Å². The molecular weight excluding hydrogens is 416 g/mol. The van der Waals surface area contributed by atoms with E-state index in [1.165, 1.54) is 0 Å². The molecule has 0 saturated carbocycles. The molecule has 8 nitrogen and oxygen atoms in total. The summed E-state index contributed by atoms with van der Waals surface area (Å²) in [5, 5.41) is 8.17. The fraction of sp³-hybridized carbons (Fsp3) is 0.182. The highest BCUT2D eigenvalue weighted by Gasteiger charge is 2.21. The van der Waals surface area contributed by atoms with E-state index >= 15 is 0 Å². The minimum absolute atomic E-state index is 0.302. The Morgan fingerprint density at radius 2 is 1.97 bits per heavy atom. The standard InChI is InChI=1S/C22H19ClN6O2/c23-16-5-3-4-15(12-16)18-14-29-21(25-18)17(22(30)26-19-6-1-2-7-24-19)13-20(27-29)28-8-10-31-11-9-28/h1-7,12-14H,8-11H2,(H,24,26,30). The smallest absolute Gasteiger partial charge is 0.260 e. The first-order chi connectivity index (χ1) is 15.2. The predicted octanol–water partition coefficient (Wildman–Crippen LogP) is 3.53. The lowest BCUT2D eigenvalue weighted by molar-refractivity contribution is 0.102. The highest BCUT2D eigenvalue weighted by atomic mass is 35.5. The predicted molar refractivity (Wildman–Crippen MR) is 119 cm³/mol. The minimum atomic E-state index is -0.302. The molecule has 0 radical (unpaired) electrons. The maximum absolute atomic E-state index is 13.2. The van der Waals surface area contributed by atoms with Gasteiger partial charge in [-0.1, -0.05) is 29.8 Å². The molecule has 0 spiro atoms. The Morgan fingerprint density at radius 3 is 2.74 bits per heavy atom. The molecule has 1 fully saturated rings. The second-order valence-electron chi connectivity index (χ2n) is 7.09. The molecule has 1 saturated heterocycles. The van der Waals surface area contributed by atoms with Crippen molar-refractivity contribution in [2.24, 2.45) is 0 Å². The summed E-state index contributed by atoms with van der Waals surface area (Å²) in [6.07, 6.45) is 3.44. The van der Waals surface area contributed by atoms with Crippen LogP contribution in [-0.4, -0.2) is 51.8 Å². The Kier molecular flexibility index (Phi) is 5.23. The Hall–Kier alpha value is -3.49. The number of carbonyl (C=O) groups excluding carboxylic acids is 1. The van der Waals surface area contributed by atoms with Crippen molar-refractivity contribution in [1.82, 2.24) is 19.6 Å². The highest BCUT2D eigenvalue weighted by Crippen LogP contribution is 2.25. The van der Waals surface area contributed by atoms with E-state index in [0.29, 0.717) is 59.9 Å². The van der Waals surface area contributed by atoms with Crippen LogP contribution >= 0.6 is 11.6 Å². The quantitative estimate of drug-likeness (QED) is 0.529. The first-order valence-electron chi connectivity index (χ1n) is 9.89. The number of aromatic nitrogens is 4. The molecule has 156 valence electrons. The Bertz CT molecular complexity index is 1240. The van der Waals surface area contributed by atoms with Gasteiger partial charge in [0.2, 0.25) is 0 Å². The normalized spacial score (nSPS) is 14.0. The number of nitrogens with one attached hydrogen (secondary N) is 1. The fourth-order valence-corrected chi connectivity index (χ4v) is 3.68. The molecule has 4 aromatic rings. The molecule has 31 heavy (non-hydrogen) atoms. The first kappa shape index (κ1) is 19.5. The number of halogens is 1. The van der Waals surface area contributed by atoms with Gasteiger partial charge in [-0.05, 0) is 30.3 Å². The van der Waals surface area contributed by atoms with Crippen molar-refractivity contribution < 1.29 is 9.53 Å². The monoisotopic (exact) mass is 434 g/mol. The summed E-state index contributed by atoms with van der Waals surface area (Å²) in [6, 6.07) is 14.5. The number of nitrogens with zero attached hydrogens (tertiary/aromatic N) is 5. The number of carbonyl (C=O) groups is 1. The molecule has 4 heterocycles. The summed E-state index contributed by atoms with van der Waals surface area (Å²) in [6.45, 7) is 2.64.